The van der Waals surface area contributed by atoms with E-state index >= 15 is 0 Å². The summed E-state index contributed by atoms with van der Waals surface area (Å²) in [6.45, 7) is 1.85. The zero-order valence-corrected chi connectivity index (χ0v) is 12.7. The number of aromatic nitrogens is 2. The Labute approximate surface area is 131 Å². The maximum absolute atomic E-state index is 12.3. The normalized spacial score (nSPS) is 10.7. The summed E-state index contributed by atoms with van der Waals surface area (Å²) in [5.74, 6) is -0.486. The zero-order chi connectivity index (χ0) is 16.6. The lowest BCUT2D eigenvalue weighted by atomic mass is 10.1. The number of nitrogens with one attached hydrogen (secondary N) is 2. The quantitative estimate of drug-likeness (QED) is 0.757. The Bertz CT molecular complexity index is 1030. The van der Waals surface area contributed by atoms with E-state index in [-0.39, 0.29) is 16.7 Å². The fourth-order valence-electron chi connectivity index (χ4n) is 2.48. The SMILES string of the molecule is Cc1cc(=O)[nH]c2cc(NC(=O)c3cccn(C)c3=O)ccc12. The lowest BCUT2D eigenvalue weighted by molar-refractivity contribution is 0.102. The molecule has 0 saturated heterocycles. The molecule has 23 heavy (non-hydrogen) atoms. The number of carbonyl (C=O) groups is 1. The molecule has 0 saturated carbocycles. The molecule has 6 heteroatoms. The molecule has 1 aromatic carbocycles. The van der Waals surface area contributed by atoms with Gasteiger partial charge in [0.25, 0.3) is 11.5 Å². The van der Waals surface area contributed by atoms with Gasteiger partial charge in [0, 0.05) is 30.4 Å². The predicted octanol–water partition coefficient (Wildman–Crippen LogP) is 1.79. The molecule has 0 aliphatic carbocycles. The minimum Gasteiger partial charge on any atom is -0.322 e. The molecule has 0 spiro atoms. The van der Waals surface area contributed by atoms with Crippen LogP contribution in [0.25, 0.3) is 10.9 Å². The lowest BCUT2D eigenvalue weighted by Crippen LogP contribution is -2.27. The van der Waals surface area contributed by atoms with Crippen LogP contribution >= 0.6 is 0 Å². The Hall–Kier alpha value is -3.15. The fourth-order valence-corrected chi connectivity index (χ4v) is 2.48. The monoisotopic (exact) mass is 309 g/mol. The van der Waals surface area contributed by atoms with Crippen molar-refractivity contribution in [2.24, 2.45) is 7.05 Å². The van der Waals surface area contributed by atoms with Gasteiger partial charge in [0.2, 0.25) is 5.56 Å². The lowest BCUT2D eigenvalue weighted by Gasteiger charge is -2.08. The standard InChI is InChI=1S/C17H15N3O3/c1-10-8-15(21)19-14-9-11(5-6-12(10)14)18-16(22)13-4-3-7-20(2)17(13)23/h3-9H,1-2H3,(H,18,22)(H,19,21). The van der Waals surface area contributed by atoms with Gasteiger partial charge in [-0.25, -0.2) is 0 Å². The number of amides is 1. The van der Waals surface area contributed by atoms with E-state index in [9.17, 15) is 14.4 Å². The van der Waals surface area contributed by atoms with Crippen molar-refractivity contribution in [3.8, 4) is 0 Å². The van der Waals surface area contributed by atoms with E-state index in [1.165, 1.54) is 16.7 Å². The molecule has 2 heterocycles. The Morgan fingerprint density at radius 3 is 2.74 bits per heavy atom. The molecular formula is C17H15N3O3. The molecule has 2 N–H and O–H groups in total. The summed E-state index contributed by atoms with van der Waals surface area (Å²) >= 11 is 0. The van der Waals surface area contributed by atoms with Gasteiger partial charge in [-0.3, -0.25) is 14.4 Å². The van der Waals surface area contributed by atoms with Crippen LogP contribution in [0.15, 0.2) is 52.2 Å². The summed E-state index contributed by atoms with van der Waals surface area (Å²) < 4.78 is 1.34. The Morgan fingerprint density at radius 2 is 1.96 bits per heavy atom. The molecule has 116 valence electrons. The van der Waals surface area contributed by atoms with Crippen LogP contribution in [0.2, 0.25) is 0 Å². The number of H-pyrrole nitrogens is 1. The Balaban J connectivity index is 1.98. The first-order chi connectivity index (χ1) is 11.0. The second-order valence-electron chi connectivity index (χ2n) is 5.37. The molecule has 0 aliphatic rings. The molecule has 0 radical (unpaired) electrons. The van der Waals surface area contributed by atoms with E-state index in [0.717, 1.165) is 10.9 Å². The van der Waals surface area contributed by atoms with E-state index in [4.69, 9.17) is 0 Å². The molecule has 0 aliphatic heterocycles. The van der Waals surface area contributed by atoms with Crippen molar-refractivity contribution in [1.82, 2.24) is 9.55 Å². The minimum absolute atomic E-state index is 0.0628. The number of fused-ring (bicyclic) bond motifs is 1. The van der Waals surface area contributed by atoms with Crippen LogP contribution in [0.3, 0.4) is 0 Å². The second kappa shape index (κ2) is 5.57. The molecule has 3 aromatic rings. The van der Waals surface area contributed by atoms with Gasteiger partial charge < -0.3 is 14.9 Å². The van der Waals surface area contributed by atoms with Crippen molar-refractivity contribution in [3.63, 3.8) is 0 Å². The fraction of sp³-hybridized carbons (Fsp3) is 0.118. The number of aryl methyl sites for hydroxylation is 2. The molecule has 1 amide bonds. The number of benzene rings is 1. The van der Waals surface area contributed by atoms with E-state index < -0.39 is 5.91 Å². The van der Waals surface area contributed by atoms with Crippen molar-refractivity contribution in [2.45, 2.75) is 6.92 Å². The van der Waals surface area contributed by atoms with Crippen LogP contribution in [-0.4, -0.2) is 15.5 Å². The number of pyridine rings is 2. The highest BCUT2D eigenvalue weighted by Crippen LogP contribution is 2.19. The number of hydrogen-bond acceptors (Lipinski definition) is 3. The number of rotatable bonds is 2. The van der Waals surface area contributed by atoms with Gasteiger partial charge >= 0.3 is 0 Å². The summed E-state index contributed by atoms with van der Waals surface area (Å²) in [5, 5.41) is 3.58. The molecule has 3 rings (SSSR count). The summed E-state index contributed by atoms with van der Waals surface area (Å²) in [4.78, 5) is 38.5. The average molecular weight is 309 g/mol. The highest BCUT2D eigenvalue weighted by Gasteiger charge is 2.11. The first-order valence-electron chi connectivity index (χ1n) is 7.06. The van der Waals surface area contributed by atoms with Crippen molar-refractivity contribution in [2.75, 3.05) is 5.32 Å². The topological polar surface area (TPSA) is 84.0 Å². The molecule has 0 atom stereocenters. The van der Waals surface area contributed by atoms with Crippen LogP contribution in [-0.2, 0) is 7.05 Å². The number of hydrogen-bond donors (Lipinski definition) is 2. The summed E-state index contributed by atoms with van der Waals surface area (Å²) in [7, 11) is 1.59. The first kappa shape index (κ1) is 14.8. The molecular weight excluding hydrogens is 294 g/mol. The van der Waals surface area contributed by atoms with E-state index in [0.29, 0.717) is 11.2 Å². The predicted molar refractivity (Wildman–Crippen MR) is 88.9 cm³/mol. The minimum atomic E-state index is -0.486. The highest BCUT2D eigenvalue weighted by molar-refractivity contribution is 6.04. The molecule has 0 unspecified atom stereocenters. The van der Waals surface area contributed by atoms with Crippen LogP contribution in [0, 0.1) is 6.92 Å². The van der Waals surface area contributed by atoms with Crippen molar-refractivity contribution in [3.05, 3.63) is 74.4 Å². The maximum Gasteiger partial charge on any atom is 0.263 e. The van der Waals surface area contributed by atoms with Crippen molar-refractivity contribution in [1.29, 1.82) is 0 Å². The summed E-state index contributed by atoms with van der Waals surface area (Å²) in [6, 6.07) is 9.86. The third-order valence-corrected chi connectivity index (χ3v) is 3.68. The largest absolute Gasteiger partial charge is 0.322 e. The Kier molecular flexibility index (Phi) is 3.57. The van der Waals surface area contributed by atoms with E-state index in [2.05, 4.69) is 10.3 Å². The van der Waals surface area contributed by atoms with Crippen LogP contribution < -0.4 is 16.4 Å². The first-order valence-corrected chi connectivity index (χ1v) is 7.06. The molecule has 0 bridgehead atoms. The maximum atomic E-state index is 12.3. The third-order valence-electron chi connectivity index (χ3n) is 3.68. The van der Waals surface area contributed by atoms with Crippen molar-refractivity contribution < 1.29 is 4.79 Å². The third kappa shape index (κ3) is 2.78. The zero-order valence-electron chi connectivity index (χ0n) is 12.7. The smallest absolute Gasteiger partial charge is 0.263 e. The van der Waals surface area contributed by atoms with Crippen LogP contribution in [0.5, 0.6) is 0 Å². The van der Waals surface area contributed by atoms with Crippen LogP contribution in [0.4, 0.5) is 5.69 Å². The van der Waals surface area contributed by atoms with Gasteiger partial charge in [-0.2, -0.15) is 0 Å². The average Bonchev–Trinajstić information content (AvgIpc) is 2.49. The summed E-state index contributed by atoms with van der Waals surface area (Å²) in [6.07, 6.45) is 1.59. The molecule has 2 aromatic heterocycles. The summed E-state index contributed by atoms with van der Waals surface area (Å²) in [5.41, 5.74) is 1.50. The van der Waals surface area contributed by atoms with E-state index in [1.807, 2.05) is 13.0 Å². The van der Waals surface area contributed by atoms with Gasteiger partial charge in [-0.1, -0.05) is 6.07 Å². The number of anilines is 1. The van der Waals surface area contributed by atoms with Gasteiger partial charge in [0.05, 0.1) is 5.52 Å². The van der Waals surface area contributed by atoms with E-state index in [1.54, 1.807) is 31.4 Å². The Morgan fingerprint density at radius 1 is 1.17 bits per heavy atom. The second-order valence-corrected chi connectivity index (χ2v) is 5.37. The van der Waals surface area contributed by atoms with Gasteiger partial charge in [0.15, 0.2) is 0 Å². The molecule has 0 fully saturated rings. The van der Waals surface area contributed by atoms with Gasteiger partial charge in [0.1, 0.15) is 5.56 Å². The highest BCUT2D eigenvalue weighted by atomic mass is 16.2. The number of carbonyl (C=O) groups excluding carboxylic acids is 1. The van der Waals surface area contributed by atoms with Crippen LogP contribution in [0.1, 0.15) is 15.9 Å². The van der Waals surface area contributed by atoms with Gasteiger partial charge in [-0.05, 0) is 36.8 Å². The van der Waals surface area contributed by atoms with Crippen molar-refractivity contribution >= 4 is 22.5 Å². The van der Waals surface area contributed by atoms with Gasteiger partial charge in [-0.15, -0.1) is 0 Å². The molecule has 6 nitrogen and oxygen atoms in total. The number of nitrogens with zero attached hydrogens (tertiary/aromatic N) is 1. The number of aromatic amines is 1.